The summed E-state index contributed by atoms with van der Waals surface area (Å²) >= 11 is 0. The molecule has 23 heavy (non-hydrogen) atoms. The number of non-ortho nitro benzene ring substituents is 1. The molecule has 0 amide bonds. The molecule has 1 aromatic carbocycles. The quantitative estimate of drug-likeness (QED) is 0.470. The number of nitrogens with zero attached hydrogens (tertiary/aromatic N) is 2. The van der Waals surface area contributed by atoms with Crippen LogP contribution in [0.1, 0.15) is 31.9 Å². The lowest BCUT2D eigenvalue weighted by Gasteiger charge is -2.38. The van der Waals surface area contributed by atoms with Crippen LogP contribution in [0.15, 0.2) is 18.2 Å². The summed E-state index contributed by atoms with van der Waals surface area (Å²) in [7, 11) is -1.11. The van der Waals surface area contributed by atoms with Gasteiger partial charge in [-0.3, -0.25) is 15.0 Å². The van der Waals surface area contributed by atoms with Gasteiger partial charge in [-0.1, -0.05) is 26.8 Å². The molecule has 0 spiro atoms. The van der Waals surface area contributed by atoms with Crippen LogP contribution >= 0.6 is 0 Å². The molecule has 0 saturated heterocycles. The van der Waals surface area contributed by atoms with Gasteiger partial charge in [0.25, 0.3) is 5.69 Å². The summed E-state index contributed by atoms with van der Waals surface area (Å²) in [4.78, 5) is 13.0. The van der Waals surface area contributed by atoms with Gasteiger partial charge >= 0.3 is 0 Å². The van der Waals surface area contributed by atoms with Crippen molar-refractivity contribution >= 4 is 14.7 Å². The van der Waals surface area contributed by atoms with Gasteiger partial charge in [0.1, 0.15) is 0 Å². The molecule has 1 unspecified atom stereocenters. The molecule has 1 aliphatic heterocycles. The summed E-state index contributed by atoms with van der Waals surface area (Å²) in [6.07, 6.45) is 1.15. The molecule has 128 valence electrons. The summed E-state index contributed by atoms with van der Waals surface area (Å²) in [6.45, 7) is 13.7. The van der Waals surface area contributed by atoms with E-state index in [4.69, 9.17) is 4.43 Å². The first-order valence-electron chi connectivity index (χ1n) is 8.31. The highest BCUT2D eigenvalue weighted by Crippen LogP contribution is 2.28. The van der Waals surface area contributed by atoms with E-state index in [1.165, 1.54) is 5.56 Å². The van der Waals surface area contributed by atoms with Crippen LogP contribution in [0.25, 0.3) is 0 Å². The lowest BCUT2D eigenvalue weighted by molar-refractivity contribution is -0.385. The fourth-order valence-corrected chi connectivity index (χ4v) is 4.11. The van der Waals surface area contributed by atoms with Crippen LogP contribution in [-0.2, 0) is 17.4 Å². The molecule has 0 aromatic heterocycles. The predicted octanol–water partition coefficient (Wildman–Crippen LogP) is 3.37. The molecule has 6 heteroatoms. The van der Waals surface area contributed by atoms with Gasteiger partial charge in [-0.25, -0.2) is 0 Å². The summed E-state index contributed by atoms with van der Waals surface area (Å²) in [5.41, 5.74) is 2.60. The van der Waals surface area contributed by atoms with Gasteiger partial charge in [0.15, 0.2) is 9.04 Å². The number of nitro benzene ring substituents is 1. The van der Waals surface area contributed by atoms with Crippen LogP contribution in [0.3, 0.4) is 0 Å². The van der Waals surface area contributed by atoms with Crippen molar-refractivity contribution in [2.75, 3.05) is 13.1 Å². The fraction of sp³-hybridized carbons (Fsp3) is 0.647. The Hall–Kier alpha value is -1.24. The second kappa shape index (κ2) is 7.11. The van der Waals surface area contributed by atoms with Crippen molar-refractivity contribution in [1.29, 1.82) is 0 Å². The highest BCUT2D eigenvalue weighted by Gasteiger charge is 2.29. The van der Waals surface area contributed by atoms with E-state index in [-0.39, 0.29) is 22.1 Å². The summed E-state index contributed by atoms with van der Waals surface area (Å²) in [6, 6.07) is 5.25. The van der Waals surface area contributed by atoms with E-state index in [2.05, 4.69) is 38.8 Å². The average molecular weight is 337 g/mol. The normalized spacial score (nSPS) is 17.1. The van der Waals surface area contributed by atoms with Gasteiger partial charge in [-0.05, 0) is 36.1 Å². The number of benzene rings is 1. The molecule has 2 rings (SSSR count). The Morgan fingerprint density at radius 3 is 2.61 bits per heavy atom. The van der Waals surface area contributed by atoms with Crippen molar-refractivity contribution in [3.05, 3.63) is 39.4 Å². The third kappa shape index (κ3) is 4.86. The van der Waals surface area contributed by atoms with E-state index in [0.717, 1.165) is 31.6 Å². The average Bonchev–Trinajstić information content (AvgIpc) is 2.44. The molecule has 0 N–H and O–H groups in total. The largest absolute Gasteiger partial charge is 0.416 e. The molecule has 1 aromatic rings. The van der Waals surface area contributed by atoms with Crippen LogP contribution in [0, 0.1) is 15.5 Å². The molecular weight excluding hydrogens is 308 g/mol. The SMILES string of the molecule is C[SiH](C)OC(CN1CCc2ccc([N+](=O)[O-])cc2C1)C(C)(C)C. The maximum atomic E-state index is 11.0. The molecule has 0 aliphatic carbocycles. The zero-order valence-corrected chi connectivity index (χ0v) is 16.0. The fourth-order valence-electron chi connectivity index (χ4n) is 2.96. The van der Waals surface area contributed by atoms with E-state index in [9.17, 15) is 10.1 Å². The Balaban J connectivity index is 2.11. The number of nitro groups is 1. The third-order valence-corrected chi connectivity index (χ3v) is 5.19. The van der Waals surface area contributed by atoms with Crippen molar-refractivity contribution in [3.63, 3.8) is 0 Å². The lowest BCUT2D eigenvalue weighted by Crippen LogP contribution is -2.44. The van der Waals surface area contributed by atoms with Gasteiger partial charge in [0.05, 0.1) is 11.0 Å². The summed E-state index contributed by atoms with van der Waals surface area (Å²) in [5, 5.41) is 11.0. The van der Waals surface area contributed by atoms with E-state index < -0.39 is 9.04 Å². The Labute approximate surface area is 140 Å². The predicted molar refractivity (Wildman–Crippen MR) is 95.3 cm³/mol. The monoisotopic (exact) mass is 336 g/mol. The van der Waals surface area contributed by atoms with Crippen molar-refractivity contribution in [2.45, 2.75) is 52.9 Å². The molecule has 1 heterocycles. The van der Waals surface area contributed by atoms with Crippen LogP contribution in [0.2, 0.25) is 13.1 Å². The molecule has 1 aliphatic rings. The van der Waals surface area contributed by atoms with Crippen molar-refractivity contribution in [2.24, 2.45) is 5.41 Å². The molecule has 0 radical (unpaired) electrons. The molecule has 5 nitrogen and oxygen atoms in total. The molecular formula is C17H28N2O3Si. The van der Waals surface area contributed by atoms with Crippen molar-refractivity contribution in [1.82, 2.24) is 4.90 Å². The van der Waals surface area contributed by atoms with Gasteiger partial charge in [-0.15, -0.1) is 0 Å². The van der Waals surface area contributed by atoms with Gasteiger partial charge in [-0.2, -0.15) is 0 Å². The van der Waals surface area contributed by atoms with Crippen molar-refractivity contribution < 1.29 is 9.35 Å². The third-order valence-electron chi connectivity index (χ3n) is 4.32. The minimum absolute atomic E-state index is 0.0975. The zero-order chi connectivity index (χ0) is 17.2. The first-order valence-corrected chi connectivity index (χ1v) is 11.1. The topological polar surface area (TPSA) is 55.6 Å². The first kappa shape index (κ1) is 18.1. The highest BCUT2D eigenvalue weighted by molar-refractivity contribution is 6.48. The molecule has 0 saturated carbocycles. The van der Waals surface area contributed by atoms with E-state index in [1.54, 1.807) is 12.1 Å². The second-order valence-corrected chi connectivity index (χ2v) is 10.1. The maximum Gasteiger partial charge on any atom is 0.269 e. The molecule has 0 fully saturated rings. The van der Waals surface area contributed by atoms with Crippen LogP contribution in [0.5, 0.6) is 0 Å². The van der Waals surface area contributed by atoms with E-state index in [0.29, 0.717) is 0 Å². The van der Waals surface area contributed by atoms with Gasteiger partial charge in [0, 0.05) is 31.8 Å². The lowest BCUT2D eigenvalue weighted by atomic mass is 9.88. The smallest absolute Gasteiger partial charge is 0.269 e. The second-order valence-electron chi connectivity index (χ2n) is 7.73. The number of fused-ring (bicyclic) bond motifs is 1. The number of hydrogen-bond acceptors (Lipinski definition) is 4. The number of rotatable bonds is 5. The Kier molecular flexibility index (Phi) is 5.60. The first-order chi connectivity index (χ1) is 10.7. The van der Waals surface area contributed by atoms with E-state index in [1.807, 2.05) is 6.07 Å². The Bertz CT molecular complexity index is 569. The highest BCUT2D eigenvalue weighted by atomic mass is 28.3. The van der Waals surface area contributed by atoms with Crippen LogP contribution in [0.4, 0.5) is 5.69 Å². The van der Waals surface area contributed by atoms with E-state index >= 15 is 0 Å². The Morgan fingerprint density at radius 2 is 2.04 bits per heavy atom. The number of hydrogen-bond donors (Lipinski definition) is 0. The van der Waals surface area contributed by atoms with Crippen molar-refractivity contribution in [3.8, 4) is 0 Å². The van der Waals surface area contributed by atoms with Gasteiger partial charge in [0.2, 0.25) is 0 Å². The standard InChI is InChI=1S/C17H28N2O3Si/c1-17(2,3)16(22-23(4)5)12-18-9-8-13-6-7-15(19(20)21)10-14(13)11-18/h6-7,10,16,23H,8-9,11-12H2,1-5H3. The molecule has 0 bridgehead atoms. The van der Waals surface area contributed by atoms with Gasteiger partial charge < -0.3 is 4.43 Å². The Morgan fingerprint density at radius 1 is 1.35 bits per heavy atom. The zero-order valence-electron chi connectivity index (χ0n) is 14.8. The maximum absolute atomic E-state index is 11.0. The van der Waals surface area contributed by atoms with Crippen LogP contribution in [-0.4, -0.2) is 38.1 Å². The summed E-state index contributed by atoms with van der Waals surface area (Å²) < 4.78 is 6.26. The summed E-state index contributed by atoms with van der Waals surface area (Å²) in [5.74, 6) is 0. The minimum atomic E-state index is -1.11. The minimum Gasteiger partial charge on any atom is -0.416 e. The van der Waals surface area contributed by atoms with Crippen LogP contribution < -0.4 is 0 Å². The molecule has 1 atom stereocenters.